The van der Waals surface area contributed by atoms with Gasteiger partial charge in [0.1, 0.15) is 5.78 Å². The van der Waals surface area contributed by atoms with Crippen LogP contribution in [0.5, 0.6) is 0 Å². The van der Waals surface area contributed by atoms with Crippen molar-refractivity contribution in [3.8, 4) is 0 Å². The molecule has 0 aliphatic carbocycles. The lowest BCUT2D eigenvalue weighted by Gasteiger charge is -2.31. The number of hydrogen-bond donors (Lipinski definition) is 0. The van der Waals surface area contributed by atoms with Crippen molar-refractivity contribution < 1.29 is 9.32 Å². The highest BCUT2D eigenvalue weighted by atomic mass is 16.5. The van der Waals surface area contributed by atoms with Crippen LogP contribution in [0.1, 0.15) is 36.8 Å². The summed E-state index contributed by atoms with van der Waals surface area (Å²) in [7, 11) is 0. The molecule has 1 aliphatic heterocycles. The van der Waals surface area contributed by atoms with E-state index >= 15 is 0 Å². The van der Waals surface area contributed by atoms with Gasteiger partial charge in [-0.1, -0.05) is 42.4 Å². The van der Waals surface area contributed by atoms with Crippen molar-refractivity contribution in [3.63, 3.8) is 0 Å². The molecule has 4 heteroatoms. The molecule has 1 aliphatic rings. The number of likely N-dealkylation sites (tertiary alicyclic amines) is 1. The number of ketones is 1. The first-order valence-electron chi connectivity index (χ1n) is 8.48. The lowest BCUT2D eigenvalue weighted by Crippen LogP contribution is -2.38. The molecule has 0 N–H and O–H groups in total. The third kappa shape index (κ3) is 4.29. The highest BCUT2D eigenvalue weighted by molar-refractivity contribution is 5.83. The number of hydrogen-bond acceptors (Lipinski definition) is 4. The molecule has 1 atom stereocenters. The minimum Gasteiger partial charge on any atom is -0.360 e. The van der Waals surface area contributed by atoms with Crippen LogP contribution >= 0.6 is 0 Å². The van der Waals surface area contributed by atoms with Gasteiger partial charge in [0.15, 0.2) is 5.76 Å². The quantitative estimate of drug-likeness (QED) is 0.821. The summed E-state index contributed by atoms with van der Waals surface area (Å²) >= 11 is 0. The standard InChI is InChI=1S/C19H24N2O2/c1-2-17-12-18(23-20-17)14-21-10-6-9-16(13-21)19(22)11-15-7-4-3-5-8-15/h3-5,7-8,12,16H,2,6,9-11,13-14H2,1H3/t16-/m1/s1. The van der Waals surface area contributed by atoms with Crippen LogP contribution in [0.3, 0.4) is 0 Å². The molecule has 23 heavy (non-hydrogen) atoms. The molecule has 3 rings (SSSR count). The molecule has 1 saturated heterocycles. The van der Waals surface area contributed by atoms with E-state index in [0.29, 0.717) is 12.2 Å². The van der Waals surface area contributed by atoms with Crippen molar-refractivity contribution in [2.75, 3.05) is 13.1 Å². The zero-order chi connectivity index (χ0) is 16.1. The van der Waals surface area contributed by atoms with E-state index < -0.39 is 0 Å². The molecular formula is C19H24N2O2. The van der Waals surface area contributed by atoms with Crippen molar-refractivity contribution in [2.45, 2.75) is 39.2 Å². The summed E-state index contributed by atoms with van der Waals surface area (Å²) < 4.78 is 5.37. The Balaban J connectivity index is 1.56. The number of aromatic nitrogens is 1. The first-order valence-corrected chi connectivity index (χ1v) is 8.48. The number of Topliss-reactive ketones (excluding diaryl/α,β-unsaturated/α-hetero) is 1. The van der Waals surface area contributed by atoms with Crippen LogP contribution in [0, 0.1) is 5.92 Å². The summed E-state index contributed by atoms with van der Waals surface area (Å²) in [6.45, 7) is 4.67. The first kappa shape index (κ1) is 15.9. The average molecular weight is 312 g/mol. The number of piperidine rings is 1. The molecular weight excluding hydrogens is 288 g/mol. The molecule has 2 aromatic rings. The molecule has 4 nitrogen and oxygen atoms in total. The Morgan fingerprint density at radius 1 is 1.35 bits per heavy atom. The maximum Gasteiger partial charge on any atom is 0.150 e. The van der Waals surface area contributed by atoms with E-state index in [1.165, 1.54) is 0 Å². The summed E-state index contributed by atoms with van der Waals surface area (Å²) in [6, 6.07) is 12.0. The molecule has 1 aromatic heterocycles. The minimum atomic E-state index is 0.137. The molecule has 0 spiro atoms. The smallest absolute Gasteiger partial charge is 0.150 e. The van der Waals surface area contributed by atoms with Gasteiger partial charge >= 0.3 is 0 Å². The summed E-state index contributed by atoms with van der Waals surface area (Å²) in [5.74, 6) is 1.39. The lowest BCUT2D eigenvalue weighted by molar-refractivity contribution is -0.124. The summed E-state index contributed by atoms with van der Waals surface area (Å²) in [5.41, 5.74) is 2.10. The zero-order valence-electron chi connectivity index (χ0n) is 13.7. The molecule has 0 bridgehead atoms. The fourth-order valence-electron chi connectivity index (χ4n) is 3.22. The summed E-state index contributed by atoms with van der Waals surface area (Å²) in [6.07, 6.45) is 3.50. The van der Waals surface area contributed by atoms with Gasteiger partial charge in [0.05, 0.1) is 12.2 Å². The van der Waals surface area contributed by atoms with Gasteiger partial charge in [-0.2, -0.15) is 0 Å². The van der Waals surface area contributed by atoms with E-state index in [1.54, 1.807) is 0 Å². The van der Waals surface area contributed by atoms with E-state index in [0.717, 1.165) is 55.9 Å². The van der Waals surface area contributed by atoms with Crippen LogP contribution in [-0.2, 0) is 24.2 Å². The zero-order valence-corrected chi connectivity index (χ0v) is 13.7. The second-order valence-electron chi connectivity index (χ2n) is 6.34. The largest absolute Gasteiger partial charge is 0.360 e. The highest BCUT2D eigenvalue weighted by Gasteiger charge is 2.26. The molecule has 1 fully saturated rings. The maximum absolute atomic E-state index is 12.6. The highest BCUT2D eigenvalue weighted by Crippen LogP contribution is 2.21. The molecule has 0 saturated carbocycles. The van der Waals surface area contributed by atoms with E-state index in [-0.39, 0.29) is 5.92 Å². The molecule has 0 unspecified atom stereocenters. The van der Waals surface area contributed by atoms with E-state index in [4.69, 9.17) is 4.52 Å². The number of rotatable bonds is 6. The number of aryl methyl sites for hydroxylation is 1. The van der Waals surface area contributed by atoms with Crippen LogP contribution in [-0.4, -0.2) is 28.9 Å². The van der Waals surface area contributed by atoms with Gasteiger partial charge in [-0.15, -0.1) is 0 Å². The lowest BCUT2D eigenvalue weighted by atomic mass is 9.90. The van der Waals surface area contributed by atoms with Crippen molar-refractivity contribution in [1.29, 1.82) is 0 Å². The van der Waals surface area contributed by atoms with Crippen molar-refractivity contribution >= 4 is 5.78 Å². The van der Waals surface area contributed by atoms with Crippen LogP contribution < -0.4 is 0 Å². The molecule has 1 aromatic carbocycles. The number of carbonyl (C=O) groups excluding carboxylic acids is 1. The van der Waals surface area contributed by atoms with E-state index in [9.17, 15) is 4.79 Å². The van der Waals surface area contributed by atoms with Gasteiger partial charge in [0.2, 0.25) is 0 Å². The molecule has 122 valence electrons. The van der Waals surface area contributed by atoms with Crippen molar-refractivity contribution in [1.82, 2.24) is 10.1 Å². The van der Waals surface area contributed by atoms with Gasteiger partial charge in [0, 0.05) is 24.9 Å². The Morgan fingerprint density at radius 3 is 2.91 bits per heavy atom. The molecule has 0 amide bonds. The first-order chi connectivity index (χ1) is 11.2. The van der Waals surface area contributed by atoms with Crippen LogP contribution in [0.4, 0.5) is 0 Å². The fraction of sp³-hybridized carbons (Fsp3) is 0.474. The monoisotopic (exact) mass is 312 g/mol. The van der Waals surface area contributed by atoms with Crippen molar-refractivity contribution in [3.05, 3.63) is 53.4 Å². The second kappa shape index (κ2) is 7.55. The minimum absolute atomic E-state index is 0.137. The van der Waals surface area contributed by atoms with Crippen LogP contribution in [0.2, 0.25) is 0 Å². The van der Waals surface area contributed by atoms with Gasteiger partial charge in [-0.05, 0) is 31.4 Å². The Hall–Kier alpha value is -1.94. The number of carbonyl (C=O) groups is 1. The summed E-state index contributed by atoms with van der Waals surface area (Å²) in [5, 5.41) is 4.04. The SMILES string of the molecule is CCc1cc(CN2CCC[C@@H](C(=O)Cc3ccccc3)C2)on1. The topological polar surface area (TPSA) is 46.3 Å². The Labute approximate surface area is 137 Å². The predicted molar refractivity (Wildman–Crippen MR) is 89.0 cm³/mol. The third-order valence-electron chi connectivity index (χ3n) is 4.53. The van der Waals surface area contributed by atoms with Crippen LogP contribution in [0.15, 0.2) is 40.9 Å². The number of benzene rings is 1. The van der Waals surface area contributed by atoms with Crippen LogP contribution in [0.25, 0.3) is 0 Å². The average Bonchev–Trinajstić information content (AvgIpc) is 3.03. The van der Waals surface area contributed by atoms with Gasteiger partial charge in [-0.25, -0.2) is 0 Å². The Kier molecular flexibility index (Phi) is 5.23. The van der Waals surface area contributed by atoms with E-state index in [2.05, 4.69) is 17.0 Å². The Morgan fingerprint density at radius 2 is 2.17 bits per heavy atom. The summed E-state index contributed by atoms with van der Waals surface area (Å²) in [4.78, 5) is 14.9. The van der Waals surface area contributed by atoms with Crippen molar-refractivity contribution in [2.24, 2.45) is 5.92 Å². The van der Waals surface area contributed by atoms with Gasteiger partial charge in [0.25, 0.3) is 0 Å². The third-order valence-corrected chi connectivity index (χ3v) is 4.53. The normalized spacial score (nSPS) is 18.9. The van der Waals surface area contributed by atoms with Gasteiger partial charge in [-0.3, -0.25) is 9.69 Å². The Bertz CT molecular complexity index is 636. The van der Waals surface area contributed by atoms with Gasteiger partial charge < -0.3 is 4.52 Å². The fourth-order valence-corrected chi connectivity index (χ4v) is 3.22. The number of nitrogens with zero attached hydrogens (tertiary/aromatic N) is 2. The molecule has 0 radical (unpaired) electrons. The maximum atomic E-state index is 12.6. The van der Waals surface area contributed by atoms with E-state index in [1.807, 2.05) is 36.4 Å². The molecule has 2 heterocycles. The second-order valence-corrected chi connectivity index (χ2v) is 6.34. The predicted octanol–water partition coefficient (Wildman–Crippen LogP) is 3.26.